The van der Waals surface area contributed by atoms with Crippen LogP contribution in [0, 0.1) is 10.1 Å². The van der Waals surface area contributed by atoms with Gasteiger partial charge in [0.2, 0.25) is 0 Å². The number of benzene rings is 1. The Labute approximate surface area is 108 Å². The molecule has 0 bridgehead atoms. The number of hydrogen-bond donors (Lipinski definition) is 1. The molecule has 18 heavy (non-hydrogen) atoms. The van der Waals surface area contributed by atoms with Crippen LogP contribution in [-0.4, -0.2) is 11.0 Å². The zero-order valence-corrected chi connectivity index (χ0v) is 10.6. The third-order valence-corrected chi connectivity index (χ3v) is 3.57. The molecule has 1 aromatic rings. The Kier molecular flexibility index (Phi) is 4.56. The molecule has 2 rings (SSSR count). The second-order valence-electron chi connectivity index (χ2n) is 4.96. The first-order valence-corrected chi connectivity index (χ1v) is 6.77. The topological polar surface area (TPSA) is 55.2 Å². The minimum Gasteiger partial charge on any atom is -0.377 e. The van der Waals surface area contributed by atoms with Crippen LogP contribution >= 0.6 is 0 Å². The van der Waals surface area contributed by atoms with E-state index in [2.05, 4.69) is 5.32 Å². The molecule has 0 atom stereocenters. The third kappa shape index (κ3) is 3.45. The Morgan fingerprint density at radius 1 is 1.06 bits per heavy atom. The quantitative estimate of drug-likeness (QED) is 0.646. The Morgan fingerprint density at radius 3 is 2.33 bits per heavy atom. The van der Waals surface area contributed by atoms with Crippen LogP contribution < -0.4 is 5.32 Å². The number of rotatable bonds is 3. The van der Waals surface area contributed by atoms with E-state index >= 15 is 0 Å². The lowest BCUT2D eigenvalue weighted by Crippen LogP contribution is -2.21. The number of hydrogen-bond acceptors (Lipinski definition) is 3. The molecular weight excluding hydrogens is 228 g/mol. The van der Waals surface area contributed by atoms with Crippen molar-refractivity contribution in [3.63, 3.8) is 0 Å². The van der Waals surface area contributed by atoms with E-state index in [0.29, 0.717) is 11.7 Å². The predicted octanol–water partition coefficient (Wildman–Crippen LogP) is 4.12. The predicted molar refractivity (Wildman–Crippen MR) is 72.8 cm³/mol. The minimum absolute atomic E-state index is 0.180. The lowest BCUT2D eigenvalue weighted by Gasteiger charge is -2.21. The zero-order chi connectivity index (χ0) is 12.8. The van der Waals surface area contributed by atoms with Gasteiger partial charge in [-0.3, -0.25) is 10.1 Å². The van der Waals surface area contributed by atoms with Crippen molar-refractivity contribution in [2.75, 3.05) is 5.32 Å². The van der Waals surface area contributed by atoms with Crippen LogP contribution in [0.3, 0.4) is 0 Å². The van der Waals surface area contributed by atoms with E-state index in [1.807, 2.05) is 6.07 Å². The van der Waals surface area contributed by atoms with Crippen molar-refractivity contribution in [1.82, 2.24) is 0 Å². The molecule has 4 heteroatoms. The summed E-state index contributed by atoms with van der Waals surface area (Å²) in [5.74, 6) is 0. The van der Waals surface area contributed by atoms with Crippen LogP contribution in [0.5, 0.6) is 0 Å². The molecule has 0 aromatic heterocycles. The molecule has 0 saturated heterocycles. The van der Waals surface area contributed by atoms with Crippen molar-refractivity contribution < 1.29 is 4.92 Å². The molecule has 0 aliphatic heterocycles. The van der Waals surface area contributed by atoms with E-state index in [9.17, 15) is 10.1 Å². The smallest absolute Gasteiger partial charge is 0.292 e. The van der Waals surface area contributed by atoms with E-state index < -0.39 is 0 Å². The van der Waals surface area contributed by atoms with Gasteiger partial charge in [0.1, 0.15) is 5.69 Å². The van der Waals surface area contributed by atoms with Crippen LogP contribution in [0.25, 0.3) is 0 Å². The number of nitro benzene ring substituents is 1. The highest BCUT2D eigenvalue weighted by atomic mass is 16.6. The van der Waals surface area contributed by atoms with Crippen LogP contribution in [-0.2, 0) is 0 Å². The average molecular weight is 248 g/mol. The van der Waals surface area contributed by atoms with Gasteiger partial charge in [0.15, 0.2) is 0 Å². The zero-order valence-electron chi connectivity index (χ0n) is 10.6. The van der Waals surface area contributed by atoms with Gasteiger partial charge in [-0.15, -0.1) is 0 Å². The summed E-state index contributed by atoms with van der Waals surface area (Å²) >= 11 is 0. The monoisotopic (exact) mass is 248 g/mol. The summed E-state index contributed by atoms with van der Waals surface area (Å²) in [6, 6.07) is 7.30. The van der Waals surface area contributed by atoms with Crippen LogP contribution in [0.4, 0.5) is 11.4 Å². The number of nitro groups is 1. The third-order valence-electron chi connectivity index (χ3n) is 3.57. The van der Waals surface area contributed by atoms with Crippen molar-refractivity contribution in [2.45, 2.75) is 51.0 Å². The molecule has 4 nitrogen and oxygen atoms in total. The number of anilines is 1. The number of nitrogens with zero attached hydrogens (tertiary/aromatic N) is 1. The molecule has 1 saturated carbocycles. The summed E-state index contributed by atoms with van der Waals surface area (Å²) in [5, 5.41) is 14.3. The van der Waals surface area contributed by atoms with Gasteiger partial charge in [0.05, 0.1) is 4.92 Å². The van der Waals surface area contributed by atoms with E-state index in [-0.39, 0.29) is 10.6 Å². The van der Waals surface area contributed by atoms with Crippen molar-refractivity contribution in [3.05, 3.63) is 34.4 Å². The van der Waals surface area contributed by atoms with E-state index in [1.165, 1.54) is 32.1 Å². The Bertz CT molecular complexity index is 399. The molecule has 98 valence electrons. The Morgan fingerprint density at radius 2 is 1.67 bits per heavy atom. The van der Waals surface area contributed by atoms with Gasteiger partial charge in [0.25, 0.3) is 5.69 Å². The SMILES string of the molecule is O=[N+]([O-])c1ccccc1NC1CCCCCCC1. The van der Waals surface area contributed by atoms with Crippen molar-refractivity contribution in [1.29, 1.82) is 0 Å². The fourth-order valence-electron chi connectivity index (χ4n) is 2.58. The van der Waals surface area contributed by atoms with Gasteiger partial charge >= 0.3 is 0 Å². The number of nitrogens with one attached hydrogen (secondary N) is 1. The second kappa shape index (κ2) is 6.38. The lowest BCUT2D eigenvalue weighted by molar-refractivity contribution is -0.384. The molecule has 1 fully saturated rings. The number of para-hydroxylation sites is 2. The van der Waals surface area contributed by atoms with Crippen molar-refractivity contribution in [2.24, 2.45) is 0 Å². The van der Waals surface area contributed by atoms with E-state index in [1.54, 1.807) is 18.2 Å². The van der Waals surface area contributed by atoms with Gasteiger partial charge in [0, 0.05) is 12.1 Å². The molecular formula is C14H20N2O2. The molecule has 0 radical (unpaired) electrons. The maximum atomic E-state index is 11.0. The Hall–Kier alpha value is -1.58. The normalized spacial score (nSPS) is 17.8. The summed E-state index contributed by atoms with van der Waals surface area (Å²) in [6.45, 7) is 0. The minimum atomic E-state index is -0.314. The summed E-state index contributed by atoms with van der Waals surface area (Å²) in [6.07, 6.45) is 8.58. The first-order chi connectivity index (χ1) is 8.77. The van der Waals surface area contributed by atoms with Crippen LogP contribution in [0.1, 0.15) is 44.9 Å². The highest BCUT2D eigenvalue weighted by molar-refractivity contribution is 5.61. The first-order valence-electron chi connectivity index (χ1n) is 6.77. The lowest BCUT2D eigenvalue weighted by atomic mass is 9.96. The van der Waals surface area contributed by atoms with Crippen LogP contribution in [0.15, 0.2) is 24.3 Å². The molecule has 0 heterocycles. The summed E-state index contributed by atoms with van der Waals surface area (Å²) < 4.78 is 0. The van der Waals surface area contributed by atoms with Gasteiger partial charge in [-0.2, -0.15) is 0 Å². The van der Waals surface area contributed by atoms with Crippen molar-refractivity contribution in [3.8, 4) is 0 Å². The largest absolute Gasteiger partial charge is 0.377 e. The van der Waals surface area contributed by atoms with Gasteiger partial charge in [-0.1, -0.05) is 44.2 Å². The fourth-order valence-corrected chi connectivity index (χ4v) is 2.58. The highest BCUT2D eigenvalue weighted by Gasteiger charge is 2.17. The van der Waals surface area contributed by atoms with Crippen molar-refractivity contribution >= 4 is 11.4 Å². The fraction of sp³-hybridized carbons (Fsp3) is 0.571. The molecule has 0 amide bonds. The van der Waals surface area contributed by atoms with E-state index in [0.717, 1.165) is 12.8 Å². The standard InChI is InChI=1S/C14H20N2O2/c17-16(18)14-11-7-6-10-13(14)15-12-8-4-2-1-3-5-9-12/h6-7,10-12,15H,1-5,8-9H2. The first kappa shape index (κ1) is 12.9. The average Bonchev–Trinajstić information content (AvgIpc) is 2.33. The summed E-state index contributed by atoms with van der Waals surface area (Å²) in [7, 11) is 0. The molecule has 1 aliphatic rings. The van der Waals surface area contributed by atoms with E-state index in [4.69, 9.17) is 0 Å². The molecule has 1 aromatic carbocycles. The summed E-state index contributed by atoms with van der Waals surface area (Å²) in [4.78, 5) is 10.6. The maximum Gasteiger partial charge on any atom is 0.292 e. The molecule has 0 spiro atoms. The summed E-state index contributed by atoms with van der Waals surface area (Å²) in [5.41, 5.74) is 0.840. The highest BCUT2D eigenvalue weighted by Crippen LogP contribution is 2.27. The van der Waals surface area contributed by atoms with Gasteiger partial charge in [-0.25, -0.2) is 0 Å². The molecule has 1 N–H and O–H groups in total. The molecule has 0 unspecified atom stereocenters. The van der Waals surface area contributed by atoms with Crippen LogP contribution in [0.2, 0.25) is 0 Å². The Balaban J connectivity index is 2.05. The molecule has 1 aliphatic carbocycles. The van der Waals surface area contributed by atoms with Gasteiger partial charge in [-0.05, 0) is 18.9 Å². The van der Waals surface area contributed by atoms with Gasteiger partial charge < -0.3 is 5.32 Å². The second-order valence-corrected chi connectivity index (χ2v) is 4.96. The maximum absolute atomic E-state index is 11.0.